The number of fused-ring (bicyclic) bond motifs is 15. The van der Waals surface area contributed by atoms with E-state index in [0.29, 0.717) is 49.9 Å². The second-order valence-corrected chi connectivity index (χ2v) is 13.3. The summed E-state index contributed by atoms with van der Waals surface area (Å²) in [6, 6.07) is 13.0. The number of hydrogen-bond donors (Lipinski definition) is 8. The summed E-state index contributed by atoms with van der Waals surface area (Å²) in [6.45, 7) is 12.3. The van der Waals surface area contributed by atoms with Crippen molar-refractivity contribution in [1.82, 2.24) is 67.9 Å². The van der Waals surface area contributed by atoms with Gasteiger partial charge in [0.1, 0.15) is 5.69 Å². The van der Waals surface area contributed by atoms with Gasteiger partial charge in [-0.05, 0) is 24.1 Å². The maximum atomic E-state index is 13.2. The third-order valence-corrected chi connectivity index (χ3v) is 8.77. The molecule has 0 unspecified atom stereocenters. The molecule has 3 saturated heterocycles. The Balaban J connectivity index is 1.07. The zero-order valence-corrected chi connectivity index (χ0v) is 28.5. The van der Waals surface area contributed by atoms with Gasteiger partial charge in [-0.25, -0.2) is 0 Å². The first-order chi connectivity index (χ1) is 23.9. The molecule has 3 aliphatic heterocycles. The molecular formula is C34H51N13O2. The minimum Gasteiger partial charge on any atom is -0.352 e. The van der Waals surface area contributed by atoms with Crippen molar-refractivity contribution in [3.63, 3.8) is 0 Å². The summed E-state index contributed by atoms with van der Waals surface area (Å²) >= 11 is 0. The predicted molar refractivity (Wildman–Crippen MR) is 188 cm³/mol. The number of nitrogens with zero attached hydrogens (tertiary/aromatic N) is 5. The molecule has 49 heavy (non-hydrogen) atoms. The van der Waals surface area contributed by atoms with Gasteiger partial charge < -0.3 is 42.5 Å². The third-order valence-electron chi connectivity index (χ3n) is 8.77. The number of carbonyl (C=O) groups excluding carboxylic acids is 2. The zero-order chi connectivity index (χ0) is 34.2. The molecule has 3 aromatic rings. The molecule has 2 aromatic heterocycles. The molecule has 6 rings (SSSR count). The van der Waals surface area contributed by atoms with Crippen LogP contribution in [0, 0.1) is 5.41 Å². The maximum Gasteiger partial charge on any atom is 0.221 e. The van der Waals surface area contributed by atoms with Gasteiger partial charge in [-0.15, -0.1) is 20.4 Å². The highest BCUT2D eigenvalue weighted by atomic mass is 16.2. The highest BCUT2D eigenvalue weighted by Gasteiger charge is 2.32. The van der Waals surface area contributed by atoms with E-state index in [-0.39, 0.29) is 30.1 Å². The Morgan fingerprint density at radius 2 is 1.20 bits per heavy atom. The van der Waals surface area contributed by atoms with E-state index in [1.807, 2.05) is 36.4 Å². The Kier molecular flexibility index (Phi) is 13.8. The fraction of sp³-hybridized carbons (Fsp3) is 0.559. The first-order valence-corrected chi connectivity index (χ1v) is 17.3. The second kappa shape index (κ2) is 18.7. The second-order valence-electron chi connectivity index (χ2n) is 13.3. The molecular weight excluding hydrogens is 622 g/mol. The zero-order valence-electron chi connectivity index (χ0n) is 28.5. The first kappa shape index (κ1) is 36.3. The maximum absolute atomic E-state index is 13.2. The summed E-state index contributed by atoms with van der Waals surface area (Å²) in [6.07, 6.45) is 2.67. The number of aromatic nitrogens is 5. The Labute approximate surface area is 288 Å². The largest absolute Gasteiger partial charge is 0.352 e. The van der Waals surface area contributed by atoms with Crippen LogP contribution in [0.2, 0.25) is 0 Å². The van der Waals surface area contributed by atoms with Crippen molar-refractivity contribution in [3.8, 4) is 22.9 Å². The quantitative estimate of drug-likeness (QED) is 0.141. The lowest BCUT2D eigenvalue weighted by Crippen LogP contribution is -2.66. The van der Waals surface area contributed by atoms with E-state index in [1.54, 1.807) is 12.3 Å². The van der Waals surface area contributed by atoms with Crippen LogP contribution in [0.3, 0.4) is 0 Å². The number of hydrogen-bond acceptors (Lipinski definition) is 13. The van der Waals surface area contributed by atoms with Gasteiger partial charge in [-0.2, -0.15) is 0 Å². The molecule has 2 amide bonds. The van der Waals surface area contributed by atoms with Crippen LogP contribution >= 0.6 is 0 Å². The molecule has 0 atom stereocenters. The van der Waals surface area contributed by atoms with Gasteiger partial charge >= 0.3 is 0 Å². The van der Waals surface area contributed by atoms with E-state index < -0.39 is 5.54 Å². The molecule has 0 aliphatic carbocycles. The Morgan fingerprint density at radius 1 is 0.673 bits per heavy atom. The van der Waals surface area contributed by atoms with Crippen molar-refractivity contribution >= 4 is 11.8 Å². The molecule has 0 saturated carbocycles. The van der Waals surface area contributed by atoms with Crippen LogP contribution in [-0.2, 0) is 16.1 Å². The van der Waals surface area contributed by atoms with E-state index in [9.17, 15) is 9.59 Å². The van der Waals surface area contributed by atoms with Crippen LogP contribution in [0.4, 0.5) is 0 Å². The predicted octanol–water partition coefficient (Wildman–Crippen LogP) is -0.792. The molecule has 264 valence electrons. The van der Waals surface area contributed by atoms with Crippen LogP contribution in [0.25, 0.3) is 22.9 Å². The molecule has 1 aromatic carbocycles. The van der Waals surface area contributed by atoms with Crippen molar-refractivity contribution in [2.75, 3.05) is 78.5 Å². The summed E-state index contributed by atoms with van der Waals surface area (Å²) in [5.41, 5.74) is 1.93. The van der Waals surface area contributed by atoms with Crippen LogP contribution in [0.1, 0.15) is 31.7 Å². The average Bonchev–Trinajstić information content (AvgIpc) is 3.12. The molecule has 8 N–H and O–H groups in total. The Hall–Kier alpha value is -3.99. The number of carbonyl (C=O) groups is 2. The fourth-order valence-electron chi connectivity index (χ4n) is 5.96. The molecule has 0 radical (unpaired) electrons. The average molecular weight is 674 g/mol. The van der Waals surface area contributed by atoms with Gasteiger partial charge in [-0.3, -0.25) is 14.6 Å². The number of amides is 2. The van der Waals surface area contributed by atoms with Gasteiger partial charge in [0.25, 0.3) is 0 Å². The van der Waals surface area contributed by atoms with Gasteiger partial charge in [0.05, 0.1) is 5.54 Å². The number of benzene rings is 1. The lowest BCUT2D eigenvalue weighted by Gasteiger charge is -2.37. The number of pyridine rings is 1. The minimum absolute atomic E-state index is 0.0552. The fourth-order valence-corrected chi connectivity index (χ4v) is 5.96. The first-order valence-electron chi connectivity index (χ1n) is 17.3. The molecule has 5 heterocycles. The Morgan fingerprint density at radius 3 is 1.76 bits per heavy atom. The smallest absolute Gasteiger partial charge is 0.221 e. The van der Waals surface area contributed by atoms with Gasteiger partial charge in [0, 0.05) is 115 Å². The molecule has 0 spiro atoms. The van der Waals surface area contributed by atoms with Crippen LogP contribution in [0.5, 0.6) is 0 Å². The monoisotopic (exact) mass is 673 g/mol. The molecule has 2 bridgehead atoms. The van der Waals surface area contributed by atoms with Crippen molar-refractivity contribution in [2.24, 2.45) is 5.41 Å². The summed E-state index contributed by atoms with van der Waals surface area (Å²) in [5, 5.41) is 44.5. The standard InChI is InChI=1S/C34H51N13O2/c1-33-20-35-13-16-38-23-34(24-39-17-14-36-21-33,25-40-18-15-37-22-33)43-30(49)7-4-6-29(48)42-19-26-8-10-27(11-9-26)31-44-46-32(47-45-31)28-5-2-3-12-41-28/h2-3,5,8-12,35-40H,4,6-7,13-25H2,1H3,(H,42,48)(H,43,49). The molecule has 15 nitrogen and oxygen atoms in total. The normalized spacial score (nSPS) is 22.8. The van der Waals surface area contributed by atoms with Crippen LogP contribution in [-0.4, -0.2) is 121 Å². The van der Waals surface area contributed by atoms with Crippen LogP contribution in [0.15, 0.2) is 48.7 Å². The molecule has 15 heteroatoms. The van der Waals surface area contributed by atoms with E-state index in [1.165, 1.54) is 0 Å². The summed E-state index contributed by atoms with van der Waals surface area (Å²) in [4.78, 5) is 30.1. The summed E-state index contributed by atoms with van der Waals surface area (Å²) in [7, 11) is 0. The van der Waals surface area contributed by atoms with E-state index in [2.05, 4.69) is 74.8 Å². The van der Waals surface area contributed by atoms with E-state index in [0.717, 1.165) is 70.0 Å². The third kappa shape index (κ3) is 11.8. The van der Waals surface area contributed by atoms with Crippen molar-refractivity contribution < 1.29 is 9.59 Å². The van der Waals surface area contributed by atoms with Gasteiger partial charge in [0.2, 0.25) is 23.5 Å². The topological polar surface area (TPSA) is 195 Å². The van der Waals surface area contributed by atoms with Gasteiger partial charge in [-0.1, -0.05) is 37.3 Å². The van der Waals surface area contributed by atoms with Crippen molar-refractivity contribution in [1.29, 1.82) is 0 Å². The minimum atomic E-state index is -0.507. The molecule has 3 aliphatic rings. The van der Waals surface area contributed by atoms with Crippen molar-refractivity contribution in [2.45, 2.75) is 38.3 Å². The molecule has 3 fully saturated rings. The number of rotatable bonds is 9. The van der Waals surface area contributed by atoms with Gasteiger partial charge in [0.15, 0.2) is 0 Å². The van der Waals surface area contributed by atoms with E-state index >= 15 is 0 Å². The van der Waals surface area contributed by atoms with E-state index in [4.69, 9.17) is 0 Å². The summed E-state index contributed by atoms with van der Waals surface area (Å²) < 4.78 is 0. The Bertz CT molecular complexity index is 1400. The lowest BCUT2D eigenvalue weighted by atomic mass is 9.90. The summed E-state index contributed by atoms with van der Waals surface area (Å²) in [5.74, 6) is 0.616. The lowest BCUT2D eigenvalue weighted by molar-refractivity contribution is -0.123. The SMILES string of the molecule is CC12CNCCNCC(NC(=O)CCCC(=O)NCc3ccc(-c4nnc(-c5ccccn5)nn4)cc3)(CNCCNC1)CNCCNC2. The highest BCUT2D eigenvalue weighted by molar-refractivity contribution is 5.79. The highest BCUT2D eigenvalue weighted by Crippen LogP contribution is 2.16. The van der Waals surface area contributed by atoms with Crippen molar-refractivity contribution in [3.05, 3.63) is 54.2 Å². The van der Waals surface area contributed by atoms with Crippen LogP contribution < -0.4 is 42.5 Å². The number of nitrogens with one attached hydrogen (secondary N) is 8.